The van der Waals surface area contributed by atoms with Gasteiger partial charge in [-0.2, -0.15) is 5.10 Å². The lowest BCUT2D eigenvalue weighted by atomic mass is 9.74. The van der Waals surface area contributed by atoms with Crippen LogP contribution in [0, 0.1) is 0 Å². The van der Waals surface area contributed by atoms with E-state index in [0.29, 0.717) is 6.61 Å². The fraction of sp³-hybridized carbons (Fsp3) is 0.545. The molecule has 29 heavy (non-hydrogen) atoms. The average Bonchev–Trinajstić information content (AvgIpc) is 3.22. The standard InChI is InChI=1S/C22H31N5O2/c1-23-21(27-10-13-29-20(16-27)18-14-25-26(2)15-18)24-17-22(8-11-28-12-9-22)19-6-4-3-5-7-19/h3-7,14-15,20H,8-13,16-17H2,1-2H3,(H,23,24). The Hall–Kier alpha value is -2.38. The van der Waals surface area contributed by atoms with Crippen LogP contribution in [-0.2, 0) is 21.9 Å². The first kappa shape index (κ1) is 19.9. The Morgan fingerprint density at radius 3 is 2.72 bits per heavy atom. The molecule has 0 spiro atoms. The van der Waals surface area contributed by atoms with Crippen LogP contribution in [0.1, 0.15) is 30.1 Å². The summed E-state index contributed by atoms with van der Waals surface area (Å²) in [5, 5.41) is 7.95. The lowest BCUT2D eigenvalue weighted by Gasteiger charge is -2.40. The van der Waals surface area contributed by atoms with Crippen LogP contribution in [0.15, 0.2) is 47.7 Å². The van der Waals surface area contributed by atoms with Gasteiger partial charge in [-0.25, -0.2) is 0 Å². The molecule has 7 nitrogen and oxygen atoms in total. The molecule has 2 aliphatic rings. The van der Waals surface area contributed by atoms with Gasteiger partial charge in [0.2, 0.25) is 0 Å². The molecule has 0 radical (unpaired) electrons. The maximum absolute atomic E-state index is 5.99. The second kappa shape index (κ2) is 8.97. The molecule has 3 heterocycles. The van der Waals surface area contributed by atoms with E-state index in [1.54, 1.807) is 0 Å². The number of hydrogen-bond donors (Lipinski definition) is 1. The lowest BCUT2D eigenvalue weighted by Crippen LogP contribution is -2.52. The molecule has 1 N–H and O–H groups in total. The van der Waals surface area contributed by atoms with E-state index in [0.717, 1.165) is 57.2 Å². The predicted molar refractivity (Wildman–Crippen MR) is 113 cm³/mol. The van der Waals surface area contributed by atoms with E-state index in [2.05, 4.69) is 50.6 Å². The zero-order chi connectivity index (χ0) is 20.1. The molecule has 2 aliphatic heterocycles. The quantitative estimate of drug-likeness (QED) is 0.632. The smallest absolute Gasteiger partial charge is 0.193 e. The molecule has 4 rings (SSSR count). The van der Waals surface area contributed by atoms with Gasteiger partial charge in [0.25, 0.3) is 0 Å². The van der Waals surface area contributed by atoms with Gasteiger partial charge in [-0.1, -0.05) is 30.3 Å². The molecule has 1 aromatic carbocycles. The minimum absolute atomic E-state index is 0.0159. The van der Waals surface area contributed by atoms with Crippen LogP contribution in [0.4, 0.5) is 0 Å². The van der Waals surface area contributed by atoms with Gasteiger partial charge in [-0.15, -0.1) is 0 Å². The Bertz CT molecular complexity index is 814. The van der Waals surface area contributed by atoms with Gasteiger partial charge in [-0.05, 0) is 18.4 Å². The topological polar surface area (TPSA) is 63.9 Å². The Kier molecular flexibility index (Phi) is 6.16. The number of aryl methyl sites for hydroxylation is 1. The van der Waals surface area contributed by atoms with Gasteiger partial charge in [0, 0.05) is 57.6 Å². The summed E-state index contributed by atoms with van der Waals surface area (Å²) in [6, 6.07) is 10.8. The van der Waals surface area contributed by atoms with E-state index in [-0.39, 0.29) is 11.5 Å². The highest BCUT2D eigenvalue weighted by Gasteiger charge is 2.35. The van der Waals surface area contributed by atoms with Crippen LogP contribution >= 0.6 is 0 Å². The summed E-state index contributed by atoms with van der Waals surface area (Å²) in [5.74, 6) is 0.934. The number of benzene rings is 1. The van der Waals surface area contributed by atoms with Crippen LogP contribution in [0.2, 0.25) is 0 Å². The van der Waals surface area contributed by atoms with Gasteiger partial charge < -0.3 is 19.7 Å². The van der Waals surface area contributed by atoms with E-state index in [9.17, 15) is 0 Å². The Labute approximate surface area is 172 Å². The second-order valence-electron chi connectivity index (χ2n) is 7.91. The molecule has 0 aliphatic carbocycles. The fourth-order valence-electron chi connectivity index (χ4n) is 4.35. The molecule has 0 amide bonds. The first-order valence-electron chi connectivity index (χ1n) is 10.4. The number of nitrogens with zero attached hydrogens (tertiary/aromatic N) is 4. The van der Waals surface area contributed by atoms with Crippen molar-refractivity contribution < 1.29 is 9.47 Å². The average molecular weight is 398 g/mol. The number of ether oxygens (including phenoxy) is 2. The first-order chi connectivity index (χ1) is 14.2. The van der Waals surface area contributed by atoms with Crippen molar-refractivity contribution in [3.63, 3.8) is 0 Å². The largest absolute Gasteiger partial charge is 0.381 e. The van der Waals surface area contributed by atoms with Gasteiger partial charge >= 0.3 is 0 Å². The van der Waals surface area contributed by atoms with Crippen molar-refractivity contribution in [3.8, 4) is 0 Å². The van der Waals surface area contributed by atoms with Crippen molar-refractivity contribution in [2.45, 2.75) is 24.4 Å². The van der Waals surface area contributed by atoms with Crippen molar-refractivity contribution in [2.75, 3.05) is 46.5 Å². The predicted octanol–water partition coefficient (Wildman–Crippen LogP) is 2.12. The minimum atomic E-state index is 0.0159. The van der Waals surface area contributed by atoms with Crippen LogP contribution in [0.25, 0.3) is 0 Å². The third-order valence-corrected chi connectivity index (χ3v) is 6.10. The SMILES string of the molecule is CN=C(NCC1(c2ccccc2)CCOCC1)N1CCOC(c2cnn(C)c2)C1. The second-order valence-corrected chi connectivity index (χ2v) is 7.91. The number of morpholine rings is 1. The highest BCUT2D eigenvalue weighted by Crippen LogP contribution is 2.34. The van der Waals surface area contributed by atoms with Gasteiger partial charge in [-0.3, -0.25) is 9.67 Å². The molecule has 2 saturated heterocycles. The third kappa shape index (κ3) is 4.46. The van der Waals surface area contributed by atoms with Crippen molar-refractivity contribution in [1.82, 2.24) is 20.0 Å². The van der Waals surface area contributed by atoms with Gasteiger partial charge in [0.15, 0.2) is 5.96 Å². The van der Waals surface area contributed by atoms with Crippen molar-refractivity contribution in [2.24, 2.45) is 12.0 Å². The molecule has 0 bridgehead atoms. The van der Waals surface area contributed by atoms with E-state index >= 15 is 0 Å². The van der Waals surface area contributed by atoms with E-state index < -0.39 is 0 Å². The number of nitrogens with one attached hydrogen (secondary N) is 1. The minimum Gasteiger partial charge on any atom is -0.381 e. The zero-order valence-electron chi connectivity index (χ0n) is 17.4. The molecule has 1 unspecified atom stereocenters. The molecule has 2 aromatic rings. The highest BCUT2D eigenvalue weighted by molar-refractivity contribution is 5.80. The molecular weight excluding hydrogens is 366 g/mol. The summed E-state index contributed by atoms with van der Waals surface area (Å²) in [6.45, 7) is 4.73. The van der Waals surface area contributed by atoms with Crippen LogP contribution in [-0.4, -0.2) is 67.1 Å². The lowest BCUT2D eigenvalue weighted by molar-refractivity contribution is -0.00835. The number of aliphatic imine (C=N–C) groups is 1. The van der Waals surface area contributed by atoms with Crippen LogP contribution in [0.3, 0.4) is 0 Å². The molecule has 0 saturated carbocycles. The third-order valence-electron chi connectivity index (χ3n) is 6.10. The van der Waals surface area contributed by atoms with Crippen molar-refractivity contribution >= 4 is 5.96 Å². The van der Waals surface area contributed by atoms with Crippen LogP contribution < -0.4 is 5.32 Å². The summed E-state index contributed by atoms with van der Waals surface area (Å²) in [7, 11) is 3.79. The maximum atomic E-state index is 5.99. The number of rotatable bonds is 4. The summed E-state index contributed by atoms with van der Waals surface area (Å²) in [5.41, 5.74) is 2.56. The first-order valence-corrected chi connectivity index (χ1v) is 10.4. The normalized spacial score (nSPS) is 22.5. The maximum Gasteiger partial charge on any atom is 0.193 e. The molecule has 156 valence electrons. The Morgan fingerprint density at radius 2 is 2.03 bits per heavy atom. The monoisotopic (exact) mass is 397 g/mol. The molecule has 1 aromatic heterocycles. The summed E-state index contributed by atoms with van der Waals surface area (Å²) in [6.07, 6.45) is 5.96. The summed E-state index contributed by atoms with van der Waals surface area (Å²) >= 11 is 0. The van der Waals surface area contributed by atoms with Gasteiger partial charge in [0.05, 0.1) is 19.3 Å². The summed E-state index contributed by atoms with van der Waals surface area (Å²) < 4.78 is 13.5. The molecular formula is C22H31N5O2. The van der Waals surface area contributed by atoms with E-state index in [1.165, 1.54) is 5.56 Å². The molecule has 7 heteroatoms. The summed E-state index contributed by atoms with van der Waals surface area (Å²) in [4.78, 5) is 6.87. The zero-order valence-corrected chi connectivity index (χ0v) is 17.4. The number of guanidine groups is 1. The van der Waals surface area contributed by atoms with Gasteiger partial charge in [0.1, 0.15) is 6.10 Å². The molecule has 2 fully saturated rings. The number of aromatic nitrogens is 2. The fourth-order valence-corrected chi connectivity index (χ4v) is 4.35. The molecule has 1 atom stereocenters. The Morgan fingerprint density at radius 1 is 1.24 bits per heavy atom. The van der Waals surface area contributed by atoms with Crippen molar-refractivity contribution in [1.29, 1.82) is 0 Å². The van der Waals surface area contributed by atoms with Crippen molar-refractivity contribution in [3.05, 3.63) is 53.9 Å². The number of hydrogen-bond acceptors (Lipinski definition) is 4. The Balaban J connectivity index is 1.45. The highest BCUT2D eigenvalue weighted by atomic mass is 16.5. The van der Waals surface area contributed by atoms with E-state index in [4.69, 9.17) is 9.47 Å². The van der Waals surface area contributed by atoms with E-state index in [1.807, 2.05) is 31.2 Å². The van der Waals surface area contributed by atoms with Crippen LogP contribution in [0.5, 0.6) is 0 Å².